The highest BCUT2D eigenvalue weighted by molar-refractivity contribution is 7.51. The standard InChI is InChI=1S/C8H6F5O3P/c9-4-3(1-2-17(14,15)16)5(10)7(12)8(13)6(4)11/h1-2H2,(H2,14,15,16). The van der Waals surface area contributed by atoms with E-state index in [0.29, 0.717) is 0 Å². The summed E-state index contributed by atoms with van der Waals surface area (Å²) in [6.45, 7) is 0. The number of halogens is 5. The largest absolute Gasteiger partial charge is 0.325 e. The highest BCUT2D eigenvalue weighted by Gasteiger charge is 2.26. The maximum atomic E-state index is 13.0. The zero-order valence-electron chi connectivity index (χ0n) is 8.05. The van der Waals surface area contributed by atoms with Crippen molar-refractivity contribution < 1.29 is 36.3 Å². The van der Waals surface area contributed by atoms with Gasteiger partial charge >= 0.3 is 7.60 Å². The van der Waals surface area contributed by atoms with Crippen LogP contribution in [0, 0.1) is 29.1 Å². The van der Waals surface area contributed by atoms with Crippen molar-refractivity contribution in [2.24, 2.45) is 0 Å². The van der Waals surface area contributed by atoms with Crippen molar-refractivity contribution in [3.8, 4) is 0 Å². The Balaban J connectivity index is 3.21. The molecule has 0 heterocycles. The average molecular weight is 276 g/mol. The molecule has 0 aromatic heterocycles. The molecule has 0 aliphatic heterocycles. The third kappa shape index (κ3) is 3.02. The van der Waals surface area contributed by atoms with Gasteiger partial charge in [0.05, 0.1) is 6.16 Å². The van der Waals surface area contributed by atoms with Gasteiger partial charge in [0, 0.05) is 5.56 Å². The van der Waals surface area contributed by atoms with Gasteiger partial charge in [0.15, 0.2) is 23.3 Å². The van der Waals surface area contributed by atoms with Crippen LogP contribution in [0.3, 0.4) is 0 Å². The lowest BCUT2D eigenvalue weighted by Gasteiger charge is -2.08. The van der Waals surface area contributed by atoms with Gasteiger partial charge in [-0.2, -0.15) is 0 Å². The van der Waals surface area contributed by atoms with Crippen molar-refractivity contribution in [1.82, 2.24) is 0 Å². The van der Waals surface area contributed by atoms with E-state index < -0.39 is 54.8 Å². The van der Waals surface area contributed by atoms with Gasteiger partial charge in [-0.3, -0.25) is 4.57 Å². The van der Waals surface area contributed by atoms with Gasteiger partial charge in [-0.1, -0.05) is 0 Å². The van der Waals surface area contributed by atoms with Gasteiger partial charge in [-0.05, 0) is 6.42 Å². The lowest BCUT2D eigenvalue weighted by molar-refractivity contribution is 0.363. The number of hydrogen-bond donors (Lipinski definition) is 2. The van der Waals surface area contributed by atoms with Gasteiger partial charge in [0.2, 0.25) is 5.82 Å². The Morgan fingerprint density at radius 1 is 0.824 bits per heavy atom. The van der Waals surface area contributed by atoms with E-state index in [1.807, 2.05) is 0 Å². The highest BCUT2D eigenvalue weighted by Crippen LogP contribution is 2.36. The molecule has 0 radical (unpaired) electrons. The minimum atomic E-state index is -4.58. The van der Waals surface area contributed by atoms with E-state index in [1.54, 1.807) is 0 Å². The average Bonchev–Trinajstić information content (AvgIpc) is 2.22. The van der Waals surface area contributed by atoms with Crippen LogP contribution in [-0.4, -0.2) is 15.9 Å². The van der Waals surface area contributed by atoms with Gasteiger partial charge in [-0.25, -0.2) is 22.0 Å². The van der Waals surface area contributed by atoms with Crippen molar-refractivity contribution in [1.29, 1.82) is 0 Å². The highest BCUT2D eigenvalue weighted by atomic mass is 31.2. The van der Waals surface area contributed by atoms with E-state index >= 15 is 0 Å². The first kappa shape index (κ1) is 14.1. The first-order chi connectivity index (χ1) is 7.65. The summed E-state index contributed by atoms with van der Waals surface area (Å²) in [5, 5.41) is 0. The summed E-state index contributed by atoms with van der Waals surface area (Å²) >= 11 is 0. The number of hydrogen-bond acceptors (Lipinski definition) is 1. The quantitative estimate of drug-likeness (QED) is 0.385. The van der Waals surface area contributed by atoms with Gasteiger partial charge in [-0.15, -0.1) is 0 Å². The summed E-state index contributed by atoms with van der Waals surface area (Å²) in [6, 6.07) is 0. The molecule has 0 aliphatic rings. The topological polar surface area (TPSA) is 57.5 Å². The van der Waals surface area contributed by atoms with Crippen molar-refractivity contribution in [3.05, 3.63) is 34.6 Å². The molecule has 0 bridgehead atoms. The maximum Gasteiger partial charge on any atom is 0.325 e. The van der Waals surface area contributed by atoms with Gasteiger partial charge in [0.1, 0.15) is 0 Å². The van der Waals surface area contributed by atoms with Crippen LogP contribution in [-0.2, 0) is 11.0 Å². The summed E-state index contributed by atoms with van der Waals surface area (Å²) in [5.74, 6) is -10.7. The molecule has 0 amide bonds. The Kier molecular flexibility index (Phi) is 3.91. The van der Waals surface area contributed by atoms with Crippen LogP contribution in [0.2, 0.25) is 0 Å². The number of benzene rings is 1. The smallest absolute Gasteiger partial charge is 0.324 e. The Bertz CT molecular complexity index is 469. The van der Waals surface area contributed by atoms with E-state index in [2.05, 4.69) is 0 Å². The van der Waals surface area contributed by atoms with Gasteiger partial charge < -0.3 is 9.79 Å². The number of rotatable bonds is 3. The third-order valence-corrected chi connectivity index (χ3v) is 2.76. The minimum absolute atomic E-state index is 0.948. The monoisotopic (exact) mass is 276 g/mol. The van der Waals surface area contributed by atoms with Crippen LogP contribution in [0.1, 0.15) is 5.56 Å². The Labute approximate surface area is 92.0 Å². The molecule has 96 valence electrons. The van der Waals surface area contributed by atoms with E-state index in [1.165, 1.54) is 0 Å². The van der Waals surface area contributed by atoms with Crippen LogP contribution in [0.4, 0.5) is 22.0 Å². The molecule has 17 heavy (non-hydrogen) atoms. The zero-order valence-corrected chi connectivity index (χ0v) is 8.95. The molecule has 2 N–H and O–H groups in total. The molecule has 3 nitrogen and oxygen atoms in total. The lowest BCUT2D eigenvalue weighted by atomic mass is 10.1. The third-order valence-electron chi connectivity index (χ3n) is 1.95. The molecule has 0 fully saturated rings. The molecular formula is C8H6F5O3P. The first-order valence-corrected chi connectivity index (χ1v) is 5.99. The van der Waals surface area contributed by atoms with Crippen LogP contribution < -0.4 is 0 Å². The molecule has 0 unspecified atom stereocenters. The maximum absolute atomic E-state index is 13.0. The van der Waals surface area contributed by atoms with E-state index in [-0.39, 0.29) is 0 Å². The second-order valence-corrected chi connectivity index (χ2v) is 4.96. The molecule has 0 spiro atoms. The molecule has 0 saturated heterocycles. The van der Waals surface area contributed by atoms with Crippen molar-refractivity contribution in [2.45, 2.75) is 6.42 Å². The molecule has 1 rings (SSSR count). The molecule has 0 atom stereocenters. The first-order valence-electron chi connectivity index (χ1n) is 4.20. The molecule has 1 aromatic rings. The molecule has 0 aliphatic carbocycles. The van der Waals surface area contributed by atoms with Crippen LogP contribution >= 0.6 is 7.60 Å². The van der Waals surface area contributed by atoms with Crippen molar-refractivity contribution in [3.63, 3.8) is 0 Å². The van der Waals surface area contributed by atoms with E-state index in [0.717, 1.165) is 0 Å². The summed E-state index contributed by atoms with van der Waals surface area (Å²) in [5.41, 5.74) is -1.23. The van der Waals surface area contributed by atoms with Crippen LogP contribution in [0.25, 0.3) is 0 Å². The molecular weight excluding hydrogens is 270 g/mol. The zero-order chi connectivity index (χ0) is 13.4. The predicted octanol–water partition coefficient (Wildman–Crippen LogP) is 2.10. The van der Waals surface area contributed by atoms with E-state index in [4.69, 9.17) is 9.79 Å². The summed E-state index contributed by atoms with van der Waals surface area (Å²) in [7, 11) is -4.58. The fraction of sp³-hybridized carbons (Fsp3) is 0.250. The lowest BCUT2D eigenvalue weighted by Crippen LogP contribution is -2.08. The second kappa shape index (κ2) is 4.72. The Hall–Kier alpha value is -0.980. The molecule has 0 saturated carbocycles. The van der Waals surface area contributed by atoms with Crippen molar-refractivity contribution in [2.75, 3.05) is 6.16 Å². The fourth-order valence-corrected chi connectivity index (χ4v) is 1.64. The predicted molar refractivity (Wildman–Crippen MR) is 46.8 cm³/mol. The summed E-state index contributed by atoms with van der Waals surface area (Å²) < 4.78 is 74.4. The Morgan fingerprint density at radius 3 is 1.53 bits per heavy atom. The minimum Gasteiger partial charge on any atom is -0.324 e. The summed E-state index contributed by atoms with van der Waals surface area (Å²) in [6.07, 6.45) is -1.96. The molecule has 9 heteroatoms. The normalized spacial score (nSPS) is 11.9. The van der Waals surface area contributed by atoms with Crippen molar-refractivity contribution >= 4 is 7.60 Å². The second-order valence-electron chi connectivity index (χ2n) is 3.19. The SMILES string of the molecule is O=P(O)(O)CCc1c(F)c(F)c(F)c(F)c1F. The van der Waals surface area contributed by atoms with E-state index in [9.17, 15) is 26.5 Å². The van der Waals surface area contributed by atoms with Crippen LogP contribution in [0.15, 0.2) is 0 Å². The fourth-order valence-electron chi connectivity index (χ4n) is 1.13. The molecule has 1 aromatic carbocycles. The van der Waals surface area contributed by atoms with Gasteiger partial charge in [0.25, 0.3) is 0 Å². The Morgan fingerprint density at radius 2 is 1.18 bits per heavy atom. The van der Waals surface area contributed by atoms with Crippen LogP contribution in [0.5, 0.6) is 0 Å². The summed E-state index contributed by atoms with van der Waals surface area (Å²) in [4.78, 5) is 16.9.